The van der Waals surface area contributed by atoms with E-state index < -0.39 is 0 Å². The Balaban J connectivity index is 1.63. The Morgan fingerprint density at radius 2 is 2.27 bits per heavy atom. The average molecular weight is 379 g/mol. The number of anilines is 3. The van der Waals surface area contributed by atoms with Gasteiger partial charge in [0.1, 0.15) is 5.02 Å². The number of hydrogen-bond acceptors (Lipinski definition) is 6. The Morgan fingerprint density at radius 1 is 1.42 bits per heavy atom. The molecule has 0 spiro atoms. The summed E-state index contributed by atoms with van der Waals surface area (Å²) in [4.78, 5) is 22.6. The van der Waals surface area contributed by atoms with Gasteiger partial charge in [-0.15, -0.1) is 0 Å². The van der Waals surface area contributed by atoms with Crippen LogP contribution in [0.2, 0.25) is 5.02 Å². The fraction of sp³-hybridized carbons (Fsp3) is 0.500. The SMILES string of the molecule is CCNC(=O)N1CCC[C@@H]1CNc1nc(Nc2cnn(C)c2)ncc1Cl. The van der Waals surface area contributed by atoms with E-state index in [0.29, 0.717) is 29.9 Å². The summed E-state index contributed by atoms with van der Waals surface area (Å²) in [5.74, 6) is 0.965. The topological polar surface area (TPSA) is 100 Å². The second-order valence-electron chi connectivity index (χ2n) is 6.12. The van der Waals surface area contributed by atoms with Crippen LogP contribution in [0.3, 0.4) is 0 Å². The molecule has 0 bridgehead atoms. The minimum absolute atomic E-state index is 0.0236. The van der Waals surface area contributed by atoms with Crippen LogP contribution in [0, 0.1) is 0 Å². The normalized spacial score (nSPS) is 16.6. The van der Waals surface area contributed by atoms with Gasteiger partial charge in [-0.05, 0) is 19.8 Å². The number of amides is 2. The van der Waals surface area contributed by atoms with Crippen molar-refractivity contribution in [1.29, 1.82) is 0 Å². The minimum Gasteiger partial charge on any atom is -0.367 e. The average Bonchev–Trinajstić information content (AvgIpc) is 3.24. The van der Waals surface area contributed by atoms with Crippen molar-refractivity contribution in [1.82, 2.24) is 30.0 Å². The third kappa shape index (κ3) is 4.34. The summed E-state index contributed by atoms with van der Waals surface area (Å²) in [5.41, 5.74) is 0.791. The molecule has 3 rings (SSSR count). The zero-order valence-electron chi connectivity index (χ0n) is 14.9. The van der Waals surface area contributed by atoms with Crippen LogP contribution >= 0.6 is 11.6 Å². The molecule has 1 saturated heterocycles. The van der Waals surface area contributed by atoms with Gasteiger partial charge in [0.2, 0.25) is 5.95 Å². The summed E-state index contributed by atoms with van der Waals surface area (Å²) in [6.07, 6.45) is 7.01. The third-order valence-corrected chi connectivity index (χ3v) is 4.45. The predicted octanol–water partition coefficient (Wildman–Crippen LogP) is 2.21. The first-order valence-electron chi connectivity index (χ1n) is 8.63. The highest BCUT2D eigenvalue weighted by Gasteiger charge is 2.28. The van der Waals surface area contributed by atoms with Crippen molar-refractivity contribution in [3.05, 3.63) is 23.6 Å². The molecule has 0 unspecified atom stereocenters. The predicted molar refractivity (Wildman–Crippen MR) is 101 cm³/mol. The summed E-state index contributed by atoms with van der Waals surface area (Å²) in [5, 5.41) is 13.7. The van der Waals surface area contributed by atoms with Crippen LogP contribution in [0.25, 0.3) is 0 Å². The van der Waals surface area contributed by atoms with Crippen LogP contribution < -0.4 is 16.0 Å². The molecule has 2 amide bonds. The third-order valence-electron chi connectivity index (χ3n) is 4.18. The second kappa shape index (κ2) is 8.22. The number of likely N-dealkylation sites (tertiary alicyclic amines) is 1. The van der Waals surface area contributed by atoms with E-state index in [2.05, 4.69) is 31.0 Å². The van der Waals surface area contributed by atoms with E-state index in [0.717, 1.165) is 25.1 Å². The van der Waals surface area contributed by atoms with Gasteiger partial charge < -0.3 is 20.9 Å². The molecule has 3 heterocycles. The van der Waals surface area contributed by atoms with Crippen molar-refractivity contribution in [3.8, 4) is 0 Å². The lowest BCUT2D eigenvalue weighted by atomic mass is 10.2. The van der Waals surface area contributed by atoms with Crippen molar-refractivity contribution in [2.75, 3.05) is 30.3 Å². The molecule has 0 aromatic carbocycles. The van der Waals surface area contributed by atoms with E-state index in [4.69, 9.17) is 11.6 Å². The highest BCUT2D eigenvalue weighted by Crippen LogP contribution is 2.23. The lowest BCUT2D eigenvalue weighted by molar-refractivity contribution is 0.195. The summed E-state index contributed by atoms with van der Waals surface area (Å²) in [6.45, 7) is 3.89. The van der Waals surface area contributed by atoms with Crippen LogP contribution in [-0.2, 0) is 7.05 Å². The smallest absolute Gasteiger partial charge is 0.317 e. The Kier molecular flexibility index (Phi) is 5.77. The van der Waals surface area contributed by atoms with Gasteiger partial charge in [0.25, 0.3) is 0 Å². The number of hydrogen-bond donors (Lipinski definition) is 3. The van der Waals surface area contributed by atoms with E-state index >= 15 is 0 Å². The van der Waals surface area contributed by atoms with Gasteiger partial charge in [-0.25, -0.2) is 9.78 Å². The maximum Gasteiger partial charge on any atom is 0.317 e. The summed E-state index contributed by atoms with van der Waals surface area (Å²) >= 11 is 6.21. The number of nitrogens with zero attached hydrogens (tertiary/aromatic N) is 5. The molecule has 0 radical (unpaired) electrons. The van der Waals surface area contributed by atoms with Gasteiger partial charge in [-0.3, -0.25) is 4.68 Å². The maximum absolute atomic E-state index is 12.1. The highest BCUT2D eigenvalue weighted by atomic mass is 35.5. The van der Waals surface area contributed by atoms with Crippen LogP contribution in [-0.4, -0.2) is 56.4 Å². The second-order valence-corrected chi connectivity index (χ2v) is 6.53. The molecule has 2 aromatic rings. The van der Waals surface area contributed by atoms with Gasteiger partial charge in [0.15, 0.2) is 5.82 Å². The molecular formula is C16H23ClN8O. The van der Waals surface area contributed by atoms with Crippen LogP contribution in [0.4, 0.5) is 22.2 Å². The molecule has 1 aliphatic rings. The molecule has 10 heteroatoms. The first-order chi connectivity index (χ1) is 12.6. The van der Waals surface area contributed by atoms with Gasteiger partial charge in [0.05, 0.1) is 24.1 Å². The number of nitrogens with one attached hydrogen (secondary N) is 3. The molecule has 1 atom stereocenters. The number of rotatable bonds is 6. The van der Waals surface area contributed by atoms with E-state index in [1.54, 1.807) is 17.1 Å². The molecule has 9 nitrogen and oxygen atoms in total. The van der Waals surface area contributed by atoms with Crippen molar-refractivity contribution in [2.45, 2.75) is 25.8 Å². The fourth-order valence-electron chi connectivity index (χ4n) is 2.95. The van der Waals surface area contributed by atoms with Gasteiger partial charge in [-0.1, -0.05) is 11.6 Å². The molecule has 26 heavy (non-hydrogen) atoms. The van der Waals surface area contributed by atoms with E-state index in [1.807, 2.05) is 25.1 Å². The van der Waals surface area contributed by atoms with E-state index in [9.17, 15) is 4.79 Å². The Bertz CT molecular complexity index is 764. The first kappa shape index (κ1) is 18.2. The molecule has 0 saturated carbocycles. The van der Waals surface area contributed by atoms with Crippen molar-refractivity contribution in [3.63, 3.8) is 0 Å². The zero-order chi connectivity index (χ0) is 18.5. The summed E-state index contributed by atoms with van der Waals surface area (Å²) < 4.78 is 1.69. The summed E-state index contributed by atoms with van der Waals surface area (Å²) in [6, 6.07) is 0.0897. The lowest BCUT2D eigenvalue weighted by Crippen LogP contribution is -2.45. The molecule has 3 N–H and O–H groups in total. The Hall–Kier alpha value is -2.55. The number of aromatic nitrogens is 4. The quantitative estimate of drug-likeness (QED) is 0.712. The number of halogens is 1. The fourth-order valence-corrected chi connectivity index (χ4v) is 3.11. The lowest BCUT2D eigenvalue weighted by Gasteiger charge is -2.25. The molecule has 1 aliphatic heterocycles. The maximum atomic E-state index is 12.1. The molecule has 1 fully saturated rings. The van der Waals surface area contributed by atoms with Crippen LogP contribution in [0.15, 0.2) is 18.6 Å². The molecule has 140 valence electrons. The number of carbonyl (C=O) groups is 1. The van der Waals surface area contributed by atoms with Gasteiger partial charge in [0, 0.05) is 32.9 Å². The zero-order valence-corrected chi connectivity index (χ0v) is 15.6. The Morgan fingerprint density at radius 3 is 3.00 bits per heavy atom. The standard InChI is InChI=1S/C16H23ClN8O/c1-3-18-16(26)25-6-4-5-12(25)8-19-14-13(17)9-20-15(23-14)22-11-7-21-24(2)10-11/h7,9-10,12H,3-6,8H2,1-2H3,(H,18,26)(H2,19,20,22,23)/t12-/m1/s1. The largest absolute Gasteiger partial charge is 0.367 e. The van der Waals surface area contributed by atoms with Crippen LogP contribution in [0.1, 0.15) is 19.8 Å². The summed E-state index contributed by atoms with van der Waals surface area (Å²) in [7, 11) is 1.84. The van der Waals surface area contributed by atoms with Crippen LogP contribution in [0.5, 0.6) is 0 Å². The number of carbonyl (C=O) groups excluding carboxylic acids is 1. The van der Waals surface area contributed by atoms with Gasteiger partial charge in [-0.2, -0.15) is 10.1 Å². The number of urea groups is 1. The van der Waals surface area contributed by atoms with E-state index in [1.165, 1.54) is 0 Å². The minimum atomic E-state index is -0.0236. The number of aryl methyl sites for hydroxylation is 1. The van der Waals surface area contributed by atoms with Crippen molar-refractivity contribution in [2.24, 2.45) is 7.05 Å². The van der Waals surface area contributed by atoms with Crippen molar-refractivity contribution < 1.29 is 4.79 Å². The molecule has 0 aliphatic carbocycles. The molecule has 2 aromatic heterocycles. The molecular weight excluding hydrogens is 356 g/mol. The van der Waals surface area contributed by atoms with E-state index in [-0.39, 0.29) is 12.1 Å². The Labute approximate surface area is 157 Å². The van der Waals surface area contributed by atoms with Crippen molar-refractivity contribution >= 4 is 35.1 Å². The highest BCUT2D eigenvalue weighted by molar-refractivity contribution is 6.32. The van der Waals surface area contributed by atoms with Gasteiger partial charge >= 0.3 is 6.03 Å². The monoisotopic (exact) mass is 378 g/mol. The first-order valence-corrected chi connectivity index (χ1v) is 9.01.